The number of benzene rings is 3. The van der Waals surface area contributed by atoms with Gasteiger partial charge in [0.25, 0.3) is 0 Å². The van der Waals surface area contributed by atoms with E-state index in [1.807, 2.05) is 46.0 Å². The number of fused-ring (bicyclic) bond motifs is 1. The van der Waals surface area contributed by atoms with Crippen LogP contribution in [-0.2, 0) is 28.5 Å². The lowest BCUT2D eigenvalue weighted by Crippen LogP contribution is -2.53. The summed E-state index contributed by atoms with van der Waals surface area (Å²) < 4.78 is 21.6. The molecule has 332 valence electrons. The normalized spacial score (nSPS) is 20.0. The minimum absolute atomic E-state index is 0.103. The second-order valence-electron chi connectivity index (χ2n) is 17.3. The number of imidazole rings is 2. The highest BCUT2D eigenvalue weighted by molar-refractivity contribution is 5.91. The minimum Gasteiger partial charge on any atom is -0.453 e. The number of hydrazine groups is 1. The molecule has 0 bridgehead atoms. The van der Waals surface area contributed by atoms with Gasteiger partial charge in [0.05, 0.1) is 63.8 Å². The van der Waals surface area contributed by atoms with E-state index in [1.54, 1.807) is 11.1 Å². The van der Waals surface area contributed by atoms with Crippen molar-refractivity contribution in [3.63, 3.8) is 0 Å². The molecule has 0 radical (unpaired) electrons. The first-order chi connectivity index (χ1) is 30.4. The molecule has 4 amide bonds. The van der Waals surface area contributed by atoms with Crippen LogP contribution in [0, 0.1) is 11.8 Å². The van der Waals surface area contributed by atoms with Gasteiger partial charge in [0.2, 0.25) is 11.8 Å². The molecular formula is C47H56N8O8. The van der Waals surface area contributed by atoms with Gasteiger partial charge in [0.1, 0.15) is 17.7 Å². The minimum atomic E-state index is -0.933. The number of amides is 4. The molecule has 2 saturated heterocycles. The van der Waals surface area contributed by atoms with E-state index in [0.717, 1.165) is 69.5 Å². The Morgan fingerprint density at radius 3 is 2.03 bits per heavy atom. The molecule has 2 aromatic heterocycles. The molecule has 3 aliphatic rings. The maximum atomic E-state index is 14.0. The number of carbonyl (C=O) groups is 4. The second-order valence-corrected chi connectivity index (χ2v) is 17.3. The van der Waals surface area contributed by atoms with Gasteiger partial charge >= 0.3 is 12.2 Å². The molecule has 16 nitrogen and oxygen atoms in total. The number of nitrogens with one attached hydrogen (secondary N) is 4. The summed E-state index contributed by atoms with van der Waals surface area (Å²) in [4.78, 5) is 70.2. The number of aromatic nitrogens is 4. The molecule has 2 aliphatic heterocycles. The average Bonchev–Trinajstić information content (AvgIpc) is 4.14. The van der Waals surface area contributed by atoms with E-state index in [9.17, 15) is 19.2 Å². The first-order valence-electron chi connectivity index (χ1n) is 21.7. The van der Waals surface area contributed by atoms with Crippen molar-refractivity contribution in [2.75, 3.05) is 34.0 Å². The highest BCUT2D eigenvalue weighted by Gasteiger charge is 2.53. The van der Waals surface area contributed by atoms with Gasteiger partial charge in [-0.3, -0.25) is 9.59 Å². The molecule has 3 aromatic carbocycles. The van der Waals surface area contributed by atoms with Gasteiger partial charge in [-0.2, -0.15) is 0 Å². The number of hydrogen-bond acceptors (Lipinski definition) is 10. The zero-order valence-corrected chi connectivity index (χ0v) is 36.6. The summed E-state index contributed by atoms with van der Waals surface area (Å²) in [6, 6.07) is 19.5. The van der Waals surface area contributed by atoms with Crippen molar-refractivity contribution in [2.45, 2.75) is 89.6 Å². The molecule has 4 heterocycles. The van der Waals surface area contributed by atoms with Crippen LogP contribution in [0.15, 0.2) is 73.1 Å². The number of methoxy groups -OCH3 is 2. The summed E-state index contributed by atoms with van der Waals surface area (Å²) >= 11 is 0. The van der Waals surface area contributed by atoms with Gasteiger partial charge < -0.3 is 39.1 Å². The lowest BCUT2D eigenvalue weighted by Gasteiger charge is -2.35. The van der Waals surface area contributed by atoms with Gasteiger partial charge in [-0.15, -0.1) is 0 Å². The molecule has 5 aromatic rings. The Balaban J connectivity index is 0.966. The van der Waals surface area contributed by atoms with Crippen LogP contribution in [0.4, 0.5) is 9.59 Å². The summed E-state index contributed by atoms with van der Waals surface area (Å²) in [7, 11) is 2.56. The number of nitrogens with zero attached hydrogens (tertiary/aromatic N) is 4. The summed E-state index contributed by atoms with van der Waals surface area (Å²) in [6.45, 7) is 8.56. The third-order valence-corrected chi connectivity index (χ3v) is 12.6. The fraction of sp³-hybridized carbons (Fsp3) is 0.447. The second kappa shape index (κ2) is 18.2. The van der Waals surface area contributed by atoms with Gasteiger partial charge in [0, 0.05) is 29.9 Å². The Morgan fingerprint density at radius 2 is 1.37 bits per heavy atom. The van der Waals surface area contributed by atoms with E-state index in [1.165, 1.54) is 19.2 Å². The first-order valence-corrected chi connectivity index (χ1v) is 21.7. The maximum absolute atomic E-state index is 14.0. The Hall–Kier alpha value is -6.26. The fourth-order valence-electron chi connectivity index (χ4n) is 9.17. The van der Waals surface area contributed by atoms with Crippen molar-refractivity contribution < 1.29 is 38.1 Å². The van der Waals surface area contributed by atoms with Crippen LogP contribution in [0.25, 0.3) is 44.4 Å². The van der Waals surface area contributed by atoms with Crippen LogP contribution in [0.5, 0.6) is 0 Å². The Labute approximate surface area is 366 Å². The highest BCUT2D eigenvalue weighted by atomic mass is 16.7. The third kappa shape index (κ3) is 9.00. The zero-order chi connectivity index (χ0) is 44.4. The topological polar surface area (TPSA) is 193 Å². The zero-order valence-electron chi connectivity index (χ0n) is 36.6. The molecule has 16 heteroatoms. The van der Waals surface area contributed by atoms with Crippen molar-refractivity contribution in [1.82, 2.24) is 40.6 Å². The third-order valence-electron chi connectivity index (χ3n) is 12.6. The Kier molecular flexibility index (Phi) is 12.6. The number of hydrogen-bond donors (Lipinski definition) is 4. The van der Waals surface area contributed by atoms with E-state index < -0.39 is 30.1 Å². The van der Waals surface area contributed by atoms with Gasteiger partial charge in [-0.05, 0) is 72.2 Å². The van der Waals surface area contributed by atoms with Crippen molar-refractivity contribution in [3.05, 3.63) is 84.7 Å². The SMILES string of the molecule is COC(=O)N[C@H](C(=O)N1CC2(C[C@H]1c1ncc(-c3ccc(-c4ccc5cc(-c6cnc(C7CCCCC7C(=O)N(NC(=O)OC)C(C)C)[nH]6)ccc5c4)cc3)[nH]1)OCCO2)C(C)C. The summed E-state index contributed by atoms with van der Waals surface area (Å²) in [5, 5.41) is 6.25. The summed E-state index contributed by atoms with van der Waals surface area (Å²) in [5.74, 6) is -0.564. The molecule has 63 heavy (non-hydrogen) atoms. The van der Waals surface area contributed by atoms with Crippen molar-refractivity contribution >= 4 is 34.8 Å². The molecule has 1 spiro atoms. The van der Waals surface area contributed by atoms with E-state index in [0.29, 0.717) is 31.9 Å². The lowest BCUT2D eigenvalue weighted by molar-refractivity contribution is -0.153. The van der Waals surface area contributed by atoms with Crippen LogP contribution < -0.4 is 10.7 Å². The number of carbonyl (C=O) groups excluding carboxylic acids is 4. The summed E-state index contributed by atoms with van der Waals surface area (Å²) in [6.07, 6.45) is 6.14. The smallest absolute Gasteiger partial charge is 0.425 e. The molecule has 1 saturated carbocycles. The van der Waals surface area contributed by atoms with E-state index >= 15 is 0 Å². The Morgan fingerprint density at radius 1 is 0.778 bits per heavy atom. The number of aromatic amines is 2. The van der Waals surface area contributed by atoms with Crippen LogP contribution in [0.1, 0.15) is 83.4 Å². The lowest BCUT2D eigenvalue weighted by atomic mass is 9.78. The number of alkyl carbamates (subject to hydrolysis) is 1. The average molecular weight is 861 g/mol. The molecule has 8 rings (SSSR count). The fourth-order valence-corrected chi connectivity index (χ4v) is 9.17. The number of likely N-dealkylation sites (tertiary alicyclic amines) is 1. The summed E-state index contributed by atoms with van der Waals surface area (Å²) in [5.41, 5.74) is 8.34. The van der Waals surface area contributed by atoms with Gasteiger partial charge in [-0.25, -0.2) is 30.0 Å². The van der Waals surface area contributed by atoms with Crippen molar-refractivity contribution in [3.8, 4) is 33.6 Å². The molecule has 2 unspecified atom stereocenters. The first kappa shape index (κ1) is 43.4. The van der Waals surface area contributed by atoms with Gasteiger partial charge in [-0.1, -0.05) is 75.2 Å². The van der Waals surface area contributed by atoms with Crippen LogP contribution in [0.3, 0.4) is 0 Å². The Bertz CT molecular complexity index is 2460. The van der Waals surface area contributed by atoms with E-state index in [2.05, 4.69) is 69.2 Å². The number of ether oxygens (including phenoxy) is 4. The monoisotopic (exact) mass is 860 g/mol. The van der Waals surface area contributed by atoms with Crippen LogP contribution >= 0.6 is 0 Å². The maximum Gasteiger partial charge on any atom is 0.425 e. The van der Waals surface area contributed by atoms with E-state index in [4.69, 9.17) is 28.9 Å². The number of H-pyrrole nitrogens is 2. The highest BCUT2D eigenvalue weighted by Crippen LogP contribution is 2.43. The number of rotatable bonds is 10. The predicted molar refractivity (Wildman–Crippen MR) is 235 cm³/mol. The quantitative estimate of drug-likeness (QED) is 0.102. The van der Waals surface area contributed by atoms with Crippen LogP contribution in [0.2, 0.25) is 0 Å². The van der Waals surface area contributed by atoms with Gasteiger partial charge in [0.15, 0.2) is 5.79 Å². The largest absolute Gasteiger partial charge is 0.453 e. The van der Waals surface area contributed by atoms with Crippen LogP contribution in [-0.4, -0.2) is 106 Å². The van der Waals surface area contributed by atoms with Crippen molar-refractivity contribution in [1.29, 1.82) is 0 Å². The predicted octanol–water partition coefficient (Wildman–Crippen LogP) is 7.47. The standard InChI is InChI=1S/C47H56N8O8/c1-27(2)40(52-45(58)60-5)44(57)54-26-47(62-19-20-63-47)23-39(54)42-49-24-37(51-42)30-13-11-29(12-14-30)31-15-16-33-22-34(18-17-32(33)21-31)38-25-48-41(50-38)35-9-7-8-10-36(35)43(56)55(28(3)4)53-46(59)61-6/h11-18,21-22,24-25,27-28,35-36,39-40H,7-10,19-20,23,26H2,1-6H3,(H,48,50)(H,49,51)(H,52,58)(H,53,59)/t35?,36?,39-,40-/m0/s1. The van der Waals surface area contributed by atoms with Crippen molar-refractivity contribution in [2.24, 2.45) is 11.8 Å². The molecule has 4 atom stereocenters. The molecule has 3 fully saturated rings. The molecule has 4 N–H and O–H groups in total. The molecular weight excluding hydrogens is 805 g/mol. The van der Waals surface area contributed by atoms with E-state index in [-0.39, 0.29) is 42.2 Å². The molecule has 1 aliphatic carbocycles.